The van der Waals surface area contributed by atoms with Crippen LogP contribution in [-0.2, 0) is 0 Å². The molecular weight excluding hydrogens is 354 g/mol. The number of pyridine rings is 1. The van der Waals surface area contributed by atoms with Gasteiger partial charge in [0, 0.05) is 32.2 Å². The van der Waals surface area contributed by atoms with Crippen molar-refractivity contribution in [3.63, 3.8) is 0 Å². The van der Waals surface area contributed by atoms with E-state index < -0.39 is 0 Å². The number of carbonyl (C=O) groups excluding carboxylic acids is 1. The van der Waals surface area contributed by atoms with Gasteiger partial charge in [0.25, 0.3) is 5.91 Å². The number of hydrogen-bond donors (Lipinski definition) is 1. The van der Waals surface area contributed by atoms with Crippen molar-refractivity contribution in [2.24, 2.45) is 0 Å². The van der Waals surface area contributed by atoms with Gasteiger partial charge in [0.15, 0.2) is 11.4 Å². The van der Waals surface area contributed by atoms with E-state index in [1.54, 1.807) is 12.5 Å². The number of piperazine rings is 1. The van der Waals surface area contributed by atoms with Crippen LogP contribution in [-0.4, -0.2) is 51.8 Å². The number of nitrogens with zero attached hydrogens (tertiary/aromatic N) is 4. The molecule has 1 fully saturated rings. The summed E-state index contributed by atoms with van der Waals surface area (Å²) in [4.78, 5) is 19.7. The number of aromatic nitrogens is 3. The predicted molar refractivity (Wildman–Crippen MR) is 102 cm³/mol. The Kier molecular flexibility index (Phi) is 5.29. The van der Waals surface area contributed by atoms with E-state index in [9.17, 15) is 4.79 Å². The maximum Gasteiger partial charge on any atom is 0.254 e. The Morgan fingerprint density at radius 3 is 2.73 bits per heavy atom. The molecule has 0 atom stereocenters. The van der Waals surface area contributed by atoms with Gasteiger partial charge in [-0.1, -0.05) is 0 Å². The lowest BCUT2D eigenvalue weighted by Crippen LogP contribution is -2.46. The average Bonchev–Trinajstić information content (AvgIpc) is 3.30. The van der Waals surface area contributed by atoms with E-state index in [2.05, 4.69) is 10.4 Å². The van der Waals surface area contributed by atoms with E-state index >= 15 is 0 Å². The molecule has 7 nitrogen and oxygen atoms in total. The molecule has 26 heavy (non-hydrogen) atoms. The van der Waals surface area contributed by atoms with Crippen molar-refractivity contribution in [2.75, 3.05) is 26.2 Å². The Morgan fingerprint density at radius 2 is 2.08 bits per heavy atom. The molecule has 1 aliphatic heterocycles. The van der Waals surface area contributed by atoms with E-state index in [0.717, 1.165) is 18.5 Å². The molecular formula is C18H22ClN5O2. The molecule has 1 amide bonds. The van der Waals surface area contributed by atoms with E-state index in [1.807, 2.05) is 41.6 Å². The summed E-state index contributed by atoms with van der Waals surface area (Å²) >= 11 is 0. The van der Waals surface area contributed by atoms with Crippen LogP contribution in [0.5, 0.6) is 0 Å². The predicted octanol–water partition coefficient (Wildman–Crippen LogP) is 2.74. The van der Waals surface area contributed by atoms with Gasteiger partial charge in [-0.15, -0.1) is 12.4 Å². The molecule has 4 rings (SSSR count). The fourth-order valence-corrected chi connectivity index (χ4v) is 3.16. The van der Waals surface area contributed by atoms with Crippen LogP contribution in [0.2, 0.25) is 0 Å². The first-order chi connectivity index (χ1) is 12.1. The third-order valence-corrected chi connectivity index (χ3v) is 4.46. The molecule has 138 valence electrons. The third kappa shape index (κ3) is 3.20. The van der Waals surface area contributed by atoms with Gasteiger partial charge in [0.2, 0.25) is 0 Å². The van der Waals surface area contributed by atoms with Crippen LogP contribution in [0.15, 0.2) is 35.1 Å². The van der Waals surface area contributed by atoms with E-state index in [-0.39, 0.29) is 24.4 Å². The molecule has 4 heterocycles. The first-order valence-corrected chi connectivity index (χ1v) is 8.57. The zero-order chi connectivity index (χ0) is 17.4. The van der Waals surface area contributed by atoms with E-state index in [1.165, 1.54) is 0 Å². The highest BCUT2D eigenvalue weighted by molar-refractivity contribution is 6.06. The number of halogens is 1. The number of furan rings is 1. The largest absolute Gasteiger partial charge is 0.463 e. The number of hydrogen-bond acceptors (Lipinski definition) is 5. The van der Waals surface area contributed by atoms with Crippen molar-refractivity contribution in [2.45, 2.75) is 19.9 Å². The van der Waals surface area contributed by atoms with Crippen LogP contribution >= 0.6 is 12.4 Å². The number of amides is 1. The number of carbonyl (C=O) groups is 1. The maximum atomic E-state index is 13.1. The quantitative estimate of drug-likeness (QED) is 0.761. The highest BCUT2D eigenvalue weighted by Gasteiger charge is 2.24. The van der Waals surface area contributed by atoms with Gasteiger partial charge in [-0.2, -0.15) is 5.10 Å². The van der Waals surface area contributed by atoms with Crippen molar-refractivity contribution in [1.82, 2.24) is 25.0 Å². The molecule has 0 bridgehead atoms. The number of fused-ring (bicyclic) bond motifs is 1. The second-order valence-corrected chi connectivity index (χ2v) is 6.49. The molecule has 8 heteroatoms. The Hall–Kier alpha value is -2.38. The minimum Gasteiger partial charge on any atom is -0.463 e. The highest BCUT2D eigenvalue weighted by Crippen LogP contribution is 2.27. The smallest absolute Gasteiger partial charge is 0.254 e. The second kappa shape index (κ2) is 7.47. The van der Waals surface area contributed by atoms with Crippen molar-refractivity contribution >= 4 is 29.3 Å². The fraction of sp³-hybridized carbons (Fsp3) is 0.389. The van der Waals surface area contributed by atoms with Gasteiger partial charge in [0.1, 0.15) is 5.69 Å². The van der Waals surface area contributed by atoms with Crippen molar-refractivity contribution in [1.29, 1.82) is 0 Å². The topological polar surface area (TPSA) is 76.2 Å². The molecule has 0 aromatic carbocycles. The lowest BCUT2D eigenvalue weighted by atomic mass is 10.1. The van der Waals surface area contributed by atoms with Crippen LogP contribution in [0.25, 0.3) is 22.5 Å². The molecule has 0 spiro atoms. The molecule has 1 saturated heterocycles. The molecule has 0 unspecified atom stereocenters. The lowest BCUT2D eigenvalue weighted by Gasteiger charge is -2.27. The first-order valence-electron chi connectivity index (χ1n) is 8.57. The van der Waals surface area contributed by atoms with Gasteiger partial charge in [-0.05, 0) is 32.0 Å². The zero-order valence-electron chi connectivity index (χ0n) is 14.8. The van der Waals surface area contributed by atoms with Crippen LogP contribution in [0.4, 0.5) is 0 Å². The molecule has 0 saturated carbocycles. The minimum absolute atomic E-state index is 0. The third-order valence-electron chi connectivity index (χ3n) is 4.46. The number of nitrogens with one attached hydrogen (secondary N) is 1. The van der Waals surface area contributed by atoms with Crippen molar-refractivity contribution < 1.29 is 9.21 Å². The summed E-state index contributed by atoms with van der Waals surface area (Å²) in [7, 11) is 0. The second-order valence-electron chi connectivity index (χ2n) is 6.49. The SMILES string of the molecule is CC(C)n1ncc2c(C(=O)N3CCNCC3)cc(-c3ccco3)nc21.Cl. The van der Waals surface area contributed by atoms with Gasteiger partial charge < -0.3 is 14.6 Å². The molecule has 1 aliphatic rings. The molecule has 3 aromatic heterocycles. The van der Waals surface area contributed by atoms with Crippen LogP contribution in [0, 0.1) is 0 Å². The normalized spacial score (nSPS) is 14.7. The fourth-order valence-electron chi connectivity index (χ4n) is 3.16. The zero-order valence-corrected chi connectivity index (χ0v) is 15.6. The minimum atomic E-state index is 0. The molecule has 1 N–H and O–H groups in total. The maximum absolute atomic E-state index is 13.1. The Balaban J connectivity index is 0.00000196. The summed E-state index contributed by atoms with van der Waals surface area (Å²) in [6.07, 6.45) is 3.35. The van der Waals surface area contributed by atoms with E-state index in [4.69, 9.17) is 9.40 Å². The monoisotopic (exact) mass is 375 g/mol. The number of rotatable bonds is 3. The van der Waals surface area contributed by atoms with Gasteiger partial charge in [0.05, 0.1) is 23.4 Å². The van der Waals surface area contributed by atoms with Crippen molar-refractivity contribution in [3.8, 4) is 11.5 Å². The summed E-state index contributed by atoms with van der Waals surface area (Å²) in [6, 6.07) is 5.64. The average molecular weight is 376 g/mol. The van der Waals surface area contributed by atoms with E-state index in [0.29, 0.717) is 35.8 Å². The van der Waals surface area contributed by atoms with Crippen LogP contribution in [0.3, 0.4) is 0 Å². The summed E-state index contributed by atoms with van der Waals surface area (Å²) in [5.41, 5.74) is 1.99. The molecule has 0 radical (unpaired) electrons. The Bertz CT molecular complexity index is 898. The molecule has 0 aliphatic carbocycles. The lowest BCUT2D eigenvalue weighted by molar-refractivity contribution is 0.0738. The summed E-state index contributed by atoms with van der Waals surface area (Å²) in [5, 5.41) is 8.50. The van der Waals surface area contributed by atoms with Gasteiger partial charge in [-0.3, -0.25) is 4.79 Å². The Morgan fingerprint density at radius 1 is 1.31 bits per heavy atom. The van der Waals surface area contributed by atoms with Gasteiger partial charge in [-0.25, -0.2) is 9.67 Å². The van der Waals surface area contributed by atoms with Crippen molar-refractivity contribution in [3.05, 3.63) is 36.2 Å². The summed E-state index contributed by atoms with van der Waals surface area (Å²) in [5.74, 6) is 0.665. The summed E-state index contributed by atoms with van der Waals surface area (Å²) in [6.45, 7) is 7.14. The van der Waals surface area contributed by atoms with Gasteiger partial charge >= 0.3 is 0 Å². The summed E-state index contributed by atoms with van der Waals surface area (Å²) < 4.78 is 7.34. The first kappa shape index (κ1) is 18.4. The standard InChI is InChI=1S/C18H21N5O2.ClH/c1-12(2)23-17-14(11-20-23)13(18(24)22-7-5-19-6-8-22)10-15(21-17)16-4-3-9-25-16;/h3-4,9-12,19H,5-8H2,1-2H3;1H. The molecule has 3 aromatic rings. The van der Waals surface area contributed by atoms with Crippen LogP contribution in [0.1, 0.15) is 30.2 Å². The highest BCUT2D eigenvalue weighted by atomic mass is 35.5. The Labute approximate surface area is 157 Å². The van der Waals surface area contributed by atoms with Crippen LogP contribution < -0.4 is 5.32 Å².